The molecule has 2 saturated heterocycles. The van der Waals surface area contributed by atoms with E-state index in [0.717, 1.165) is 13.1 Å². The van der Waals surface area contributed by atoms with Gasteiger partial charge < -0.3 is 15.1 Å². The third-order valence-electron chi connectivity index (χ3n) is 4.05. The normalized spacial score (nSPS) is 22.7. The van der Waals surface area contributed by atoms with Gasteiger partial charge in [-0.25, -0.2) is 0 Å². The fourth-order valence-corrected chi connectivity index (χ4v) is 2.90. The number of likely N-dealkylation sites (tertiary alicyclic amines) is 2. The van der Waals surface area contributed by atoms with Gasteiger partial charge in [0.05, 0.1) is 0 Å². The van der Waals surface area contributed by atoms with Crippen LogP contribution < -0.4 is 18.9 Å². The topological polar surface area (TPSA) is 20.6 Å². The second kappa shape index (κ2) is 10.3. The van der Waals surface area contributed by atoms with Crippen LogP contribution >= 0.6 is 0 Å². The Kier molecular flexibility index (Phi) is 9.45. The molecule has 0 saturated carbocycles. The maximum Gasteiger partial charge on any atom is 1.00 e. The van der Waals surface area contributed by atoms with Crippen LogP contribution in [0.3, 0.4) is 0 Å². The van der Waals surface area contributed by atoms with Crippen LogP contribution in [0.25, 0.3) is 5.32 Å². The quantitative estimate of drug-likeness (QED) is 0.457. The van der Waals surface area contributed by atoms with E-state index in [0.29, 0.717) is 0 Å². The molecule has 2 heterocycles. The van der Waals surface area contributed by atoms with Gasteiger partial charge in [-0.3, -0.25) is 0 Å². The van der Waals surface area contributed by atoms with E-state index in [1.165, 1.54) is 77.8 Å². The van der Waals surface area contributed by atoms with Crippen molar-refractivity contribution in [3.63, 3.8) is 0 Å². The van der Waals surface area contributed by atoms with Crippen LogP contribution in [-0.4, -0.2) is 62.2 Å². The van der Waals surface area contributed by atoms with Gasteiger partial charge in [-0.2, -0.15) is 0 Å². The van der Waals surface area contributed by atoms with Gasteiger partial charge in [-0.15, -0.1) is 13.1 Å². The Morgan fingerprint density at radius 3 is 1.39 bits per heavy atom. The van der Waals surface area contributed by atoms with Gasteiger partial charge >= 0.3 is 18.9 Å². The summed E-state index contributed by atoms with van der Waals surface area (Å²) in [6.45, 7) is 9.72. The Morgan fingerprint density at radius 2 is 1.00 bits per heavy atom. The van der Waals surface area contributed by atoms with Crippen molar-refractivity contribution in [2.75, 3.05) is 52.4 Å². The van der Waals surface area contributed by atoms with Crippen molar-refractivity contribution in [1.29, 1.82) is 0 Å². The van der Waals surface area contributed by atoms with Gasteiger partial charge in [-0.05, 0) is 65.0 Å². The molecular formula is C14H28LiN3. The Balaban J connectivity index is 0.00000162. The van der Waals surface area contributed by atoms with Gasteiger partial charge in [0.1, 0.15) is 0 Å². The van der Waals surface area contributed by atoms with Crippen molar-refractivity contribution in [1.82, 2.24) is 9.80 Å². The number of hydrogen-bond acceptors (Lipinski definition) is 2. The summed E-state index contributed by atoms with van der Waals surface area (Å²) in [4.78, 5) is 5.15. The third kappa shape index (κ3) is 6.59. The van der Waals surface area contributed by atoms with Gasteiger partial charge in [0.2, 0.25) is 0 Å². The molecule has 0 aromatic heterocycles. The smallest absolute Gasteiger partial charge is 0.660 e. The monoisotopic (exact) mass is 245 g/mol. The van der Waals surface area contributed by atoms with Crippen LogP contribution in [0, 0.1) is 0 Å². The van der Waals surface area contributed by atoms with E-state index >= 15 is 0 Å². The maximum absolute atomic E-state index is 4.68. The standard InChI is InChI=1S/C14H28N3.Li/c1-3-9-16(10-4-1)13-7-15-8-14-17-11-5-2-6-12-17;/h1-14H2;/q-1;+1. The average molecular weight is 245 g/mol. The first-order valence-electron chi connectivity index (χ1n) is 7.53. The average Bonchev–Trinajstić information content (AvgIpc) is 2.41. The summed E-state index contributed by atoms with van der Waals surface area (Å²) in [6.07, 6.45) is 8.45. The second-order valence-corrected chi connectivity index (χ2v) is 5.48. The molecule has 0 amide bonds. The van der Waals surface area contributed by atoms with Crippen LogP contribution in [0.4, 0.5) is 0 Å². The van der Waals surface area contributed by atoms with E-state index in [1.807, 2.05) is 0 Å². The molecule has 18 heavy (non-hydrogen) atoms. The van der Waals surface area contributed by atoms with Crippen LogP contribution in [0.5, 0.6) is 0 Å². The molecule has 0 aromatic carbocycles. The largest absolute Gasteiger partial charge is 1.00 e. The molecule has 0 atom stereocenters. The Labute approximate surface area is 125 Å². The van der Waals surface area contributed by atoms with Crippen LogP contribution in [0.1, 0.15) is 38.5 Å². The molecule has 0 bridgehead atoms. The Morgan fingerprint density at radius 1 is 0.611 bits per heavy atom. The van der Waals surface area contributed by atoms with Gasteiger partial charge in [0.25, 0.3) is 0 Å². The predicted octanol–water partition coefficient (Wildman–Crippen LogP) is -0.664. The summed E-state index contributed by atoms with van der Waals surface area (Å²) in [7, 11) is 0. The molecule has 0 spiro atoms. The van der Waals surface area contributed by atoms with Gasteiger partial charge in [0.15, 0.2) is 0 Å². The van der Waals surface area contributed by atoms with E-state index < -0.39 is 0 Å². The van der Waals surface area contributed by atoms with Crippen LogP contribution in [0.15, 0.2) is 0 Å². The summed E-state index contributed by atoms with van der Waals surface area (Å²) in [5, 5.41) is 4.68. The number of piperidine rings is 2. The molecule has 2 fully saturated rings. The summed E-state index contributed by atoms with van der Waals surface area (Å²) in [6, 6.07) is 0. The van der Waals surface area contributed by atoms with E-state index in [4.69, 9.17) is 0 Å². The zero-order valence-electron chi connectivity index (χ0n) is 12.2. The molecule has 4 heteroatoms. The minimum atomic E-state index is 0. The number of nitrogens with zero attached hydrogens (tertiary/aromatic N) is 3. The molecule has 0 unspecified atom stereocenters. The first-order valence-corrected chi connectivity index (χ1v) is 7.53. The molecule has 3 nitrogen and oxygen atoms in total. The molecule has 2 aliphatic rings. The summed E-state index contributed by atoms with van der Waals surface area (Å²) in [5.74, 6) is 0. The van der Waals surface area contributed by atoms with E-state index in [-0.39, 0.29) is 18.9 Å². The minimum absolute atomic E-state index is 0. The minimum Gasteiger partial charge on any atom is -0.660 e. The maximum atomic E-state index is 4.68. The SMILES string of the molecule is C1CCN(CC[N-]CCN2CCCCC2)CC1.[Li+]. The Hall–Kier alpha value is 0.477. The number of rotatable bonds is 6. The number of hydrogen-bond donors (Lipinski definition) is 0. The molecule has 0 aliphatic carbocycles. The summed E-state index contributed by atoms with van der Waals surface area (Å²) in [5.41, 5.74) is 0. The van der Waals surface area contributed by atoms with Crippen molar-refractivity contribution in [2.45, 2.75) is 38.5 Å². The zero-order chi connectivity index (χ0) is 11.8. The van der Waals surface area contributed by atoms with E-state index in [1.54, 1.807) is 0 Å². The van der Waals surface area contributed by atoms with E-state index in [9.17, 15) is 0 Å². The van der Waals surface area contributed by atoms with Crippen molar-refractivity contribution in [3.05, 3.63) is 5.32 Å². The zero-order valence-corrected chi connectivity index (χ0v) is 12.2. The molecular weight excluding hydrogens is 217 g/mol. The third-order valence-corrected chi connectivity index (χ3v) is 4.05. The fraction of sp³-hybridized carbons (Fsp3) is 1.00. The fourth-order valence-electron chi connectivity index (χ4n) is 2.90. The van der Waals surface area contributed by atoms with Gasteiger partial charge in [-0.1, -0.05) is 12.8 Å². The second-order valence-electron chi connectivity index (χ2n) is 5.48. The predicted molar refractivity (Wildman–Crippen MR) is 73.7 cm³/mol. The molecule has 0 N–H and O–H groups in total. The summed E-state index contributed by atoms with van der Waals surface area (Å²) >= 11 is 0. The van der Waals surface area contributed by atoms with Crippen molar-refractivity contribution in [3.8, 4) is 0 Å². The van der Waals surface area contributed by atoms with Crippen molar-refractivity contribution >= 4 is 0 Å². The first-order chi connectivity index (χ1) is 8.45. The molecule has 0 aromatic rings. The van der Waals surface area contributed by atoms with Crippen molar-refractivity contribution < 1.29 is 18.9 Å². The molecule has 2 aliphatic heterocycles. The van der Waals surface area contributed by atoms with Crippen LogP contribution in [-0.2, 0) is 0 Å². The Bertz CT molecular complexity index is 169. The molecule has 0 radical (unpaired) electrons. The van der Waals surface area contributed by atoms with Crippen molar-refractivity contribution in [2.24, 2.45) is 0 Å². The van der Waals surface area contributed by atoms with Gasteiger partial charge in [0, 0.05) is 0 Å². The summed E-state index contributed by atoms with van der Waals surface area (Å²) < 4.78 is 0. The first kappa shape index (κ1) is 16.5. The van der Waals surface area contributed by atoms with Crippen LogP contribution in [0.2, 0.25) is 0 Å². The molecule has 2 rings (SSSR count). The van der Waals surface area contributed by atoms with E-state index in [2.05, 4.69) is 15.1 Å². The molecule has 100 valence electrons.